The Kier molecular flexibility index (Phi) is 5.58. The molecule has 0 unspecified atom stereocenters. The minimum Gasteiger partial charge on any atom is -0.496 e. The molecule has 0 bridgehead atoms. The second-order valence-corrected chi connectivity index (χ2v) is 5.37. The summed E-state index contributed by atoms with van der Waals surface area (Å²) in [4.78, 5) is 14.7. The highest BCUT2D eigenvalue weighted by atomic mass is 16.6. The maximum absolute atomic E-state index is 12.1. The van der Waals surface area contributed by atoms with Crippen molar-refractivity contribution in [2.75, 3.05) is 7.11 Å². The first kappa shape index (κ1) is 16.8. The number of ether oxygens (including phenoxy) is 2. The maximum atomic E-state index is 12.1. The van der Waals surface area contributed by atoms with E-state index in [0.29, 0.717) is 11.3 Å². The van der Waals surface area contributed by atoms with E-state index in [-0.39, 0.29) is 0 Å². The quantitative estimate of drug-likeness (QED) is 0.390. The van der Waals surface area contributed by atoms with Crippen LogP contribution in [0.5, 0.6) is 5.75 Å². The summed E-state index contributed by atoms with van der Waals surface area (Å²) >= 11 is 0. The van der Waals surface area contributed by atoms with Crippen LogP contribution in [0.2, 0.25) is 0 Å². The average molecular weight is 293 g/mol. The molecule has 0 fully saturated rings. The third kappa shape index (κ3) is 4.66. The number of carbonyl (C=O) groups is 1. The number of aliphatic hydroxyl groups is 1. The molecule has 1 aromatic rings. The highest BCUT2D eigenvalue weighted by Gasteiger charge is 2.32. The fourth-order valence-corrected chi connectivity index (χ4v) is 1.74. The normalized spacial score (nSPS) is 13.8. The summed E-state index contributed by atoms with van der Waals surface area (Å²) in [7, 11) is 1.45. The van der Waals surface area contributed by atoms with Gasteiger partial charge in [-0.3, -0.25) is 4.79 Å². The molecule has 7 nitrogen and oxygen atoms in total. The Morgan fingerprint density at radius 1 is 1.38 bits per heavy atom. The molecule has 0 aliphatic heterocycles. The summed E-state index contributed by atoms with van der Waals surface area (Å²) in [5.41, 5.74) is 8.22. The summed E-state index contributed by atoms with van der Waals surface area (Å²) in [6, 6.07) is 5.26. The molecule has 7 heteroatoms. The van der Waals surface area contributed by atoms with Crippen molar-refractivity contribution >= 4 is 5.97 Å². The van der Waals surface area contributed by atoms with E-state index in [4.69, 9.17) is 15.0 Å². The lowest BCUT2D eigenvalue weighted by Crippen LogP contribution is -2.34. The molecule has 0 aromatic heterocycles. The molecule has 0 radical (unpaired) electrons. The first-order valence-electron chi connectivity index (χ1n) is 6.38. The van der Waals surface area contributed by atoms with Crippen LogP contribution >= 0.6 is 0 Å². The van der Waals surface area contributed by atoms with Gasteiger partial charge in [0, 0.05) is 10.5 Å². The van der Waals surface area contributed by atoms with E-state index in [0.717, 1.165) is 0 Å². The summed E-state index contributed by atoms with van der Waals surface area (Å²) in [5, 5.41) is 13.7. The first-order valence-corrected chi connectivity index (χ1v) is 6.38. The Balaban J connectivity index is 3.10. The minimum absolute atomic E-state index is 0.350. The minimum atomic E-state index is -1.38. The Bertz CT molecular complexity index is 547. The Morgan fingerprint density at radius 2 is 2.00 bits per heavy atom. The fraction of sp³-hybridized carbons (Fsp3) is 0.500. The zero-order valence-electron chi connectivity index (χ0n) is 12.5. The predicted molar refractivity (Wildman–Crippen MR) is 76.7 cm³/mol. The van der Waals surface area contributed by atoms with Crippen LogP contribution < -0.4 is 4.74 Å². The van der Waals surface area contributed by atoms with E-state index >= 15 is 0 Å². The van der Waals surface area contributed by atoms with Gasteiger partial charge in [-0.2, -0.15) is 0 Å². The first-order chi connectivity index (χ1) is 9.80. The van der Waals surface area contributed by atoms with Gasteiger partial charge in [0.1, 0.15) is 17.5 Å². The van der Waals surface area contributed by atoms with Crippen molar-refractivity contribution in [1.82, 2.24) is 0 Å². The van der Waals surface area contributed by atoms with Crippen LogP contribution in [0.25, 0.3) is 10.4 Å². The number of para-hydroxylation sites is 1. The second kappa shape index (κ2) is 6.97. The van der Waals surface area contributed by atoms with Crippen molar-refractivity contribution in [3.63, 3.8) is 0 Å². The number of azide groups is 1. The number of nitrogens with zero attached hydrogens (tertiary/aromatic N) is 3. The molecule has 2 atom stereocenters. The van der Waals surface area contributed by atoms with Crippen molar-refractivity contribution in [3.05, 3.63) is 40.3 Å². The van der Waals surface area contributed by atoms with Gasteiger partial charge in [0.25, 0.3) is 0 Å². The van der Waals surface area contributed by atoms with Crippen LogP contribution in [0.1, 0.15) is 32.4 Å². The molecule has 0 heterocycles. The number of rotatable bonds is 5. The molecule has 0 spiro atoms. The molecule has 0 saturated heterocycles. The second-order valence-electron chi connectivity index (χ2n) is 5.37. The zero-order valence-corrected chi connectivity index (χ0v) is 12.5. The van der Waals surface area contributed by atoms with E-state index < -0.39 is 23.7 Å². The van der Waals surface area contributed by atoms with Crippen LogP contribution in [0, 0.1) is 0 Å². The molecular weight excluding hydrogens is 274 g/mol. The van der Waals surface area contributed by atoms with Gasteiger partial charge in [0.05, 0.1) is 7.11 Å². The summed E-state index contributed by atoms with van der Waals surface area (Å²) in [6.07, 6.45) is -1.35. The summed E-state index contributed by atoms with van der Waals surface area (Å²) in [6.45, 7) is 5.06. The van der Waals surface area contributed by atoms with Gasteiger partial charge >= 0.3 is 5.97 Å². The van der Waals surface area contributed by atoms with Crippen molar-refractivity contribution < 1.29 is 19.4 Å². The van der Waals surface area contributed by atoms with E-state index in [1.54, 1.807) is 45.0 Å². The number of esters is 1. The van der Waals surface area contributed by atoms with E-state index in [1.165, 1.54) is 7.11 Å². The molecular formula is C14H19N3O4. The third-order valence-corrected chi connectivity index (χ3v) is 2.58. The number of benzene rings is 1. The number of hydrogen-bond donors (Lipinski definition) is 1. The van der Waals surface area contributed by atoms with Gasteiger partial charge in [0.2, 0.25) is 0 Å². The van der Waals surface area contributed by atoms with Crippen LogP contribution in [-0.2, 0) is 9.53 Å². The number of methoxy groups -OCH3 is 1. The molecule has 1 rings (SSSR count). The Morgan fingerprint density at radius 3 is 2.52 bits per heavy atom. The van der Waals surface area contributed by atoms with Gasteiger partial charge in [-0.1, -0.05) is 23.3 Å². The SMILES string of the molecule is COc1ccccc1[C@H](O)[C@@H](N=[N+]=[N-])C(=O)OC(C)(C)C. The molecule has 1 aromatic carbocycles. The Hall–Kier alpha value is -2.24. The zero-order chi connectivity index (χ0) is 16.0. The smallest absolute Gasteiger partial charge is 0.318 e. The van der Waals surface area contributed by atoms with Crippen LogP contribution in [0.4, 0.5) is 0 Å². The van der Waals surface area contributed by atoms with Crippen molar-refractivity contribution in [3.8, 4) is 5.75 Å². The van der Waals surface area contributed by atoms with Crippen LogP contribution in [0.15, 0.2) is 29.4 Å². The number of hydrogen-bond acceptors (Lipinski definition) is 5. The van der Waals surface area contributed by atoms with Gasteiger partial charge in [-0.15, -0.1) is 0 Å². The van der Waals surface area contributed by atoms with Gasteiger partial charge in [-0.05, 0) is 32.4 Å². The standard InChI is InChI=1S/C14H19N3O4/c1-14(2,3)21-13(19)11(16-17-15)12(18)9-7-5-6-8-10(9)20-4/h5-8,11-12,18H,1-4H3/t11-,12+/m1/s1. The molecule has 0 aliphatic carbocycles. The van der Waals surface area contributed by atoms with E-state index in [2.05, 4.69) is 10.0 Å². The number of aliphatic hydroxyl groups excluding tert-OH is 1. The monoisotopic (exact) mass is 293 g/mol. The lowest BCUT2D eigenvalue weighted by atomic mass is 10.0. The van der Waals surface area contributed by atoms with Crippen LogP contribution in [-0.4, -0.2) is 29.8 Å². The third-order valence-electron chi connectivity index (χ3n) is 2.58. The van der Waals surface area contributed by atoms with Crippen molar-refractivity contribution in [2.24, 2.45) is 5.11 Å². The molecule has 0 saturated carbocycles. The fourth-order valence-electron chi connectivity index (χ4n) is 1.74. The topological polar surface area (TPSA) is 105 Å². The van der Waals surface area contributed by atoms with Crippen LogP contribution in [0.3, 0.4) is 0 Å². The highest BCUT2D eigenvalue weighted by molar-refractivity contribution is 5.77. The largest absolute Gasteiger partial charge is 0.496 e. The van der Waals surface area contributed by atoms with Gasteiger partial charge in [-0.25, -0.2) is 0 Å². The van der Waals surface area contributed by atoms with E-state index in [9.17, 15) is 9.90 Å². The van der Waals surface area contributed by atoms with E-state index in [1.807, 2.05) is 0 Å². The molecule has 0 aliphatic rings. The molecule has 21 heavy (non-hydrogen) atoms. The summed E-state index contributed by atoms with van der Waals surface area (Å²) < 4.78 is 10.3. The summed E-state index contributed by atoms with van der Waals surface area (Å²) in [5.74, 6) is -0.398. The molecule has 1 N–H and O–H groups in total. The molecule has 114 valence electrons. The Labute approximate surface area is 123 Å². The van der Waals surface area contributed by atoms with Gasteiger partial charge in [0.15, 0.2) is 6.04 Å². The van der Waals surface area contributed by atoms with Gasteiger partial charge < -0.3 is 14.6 Å². The predicted octanol–water partition coefficient (Wildman–Crippen LogP) is 2.75. The maximum Gasteiger partial charge on any atom is 0.318 e. The molecule has 0 amide bonds. The van der Waals surface area contributed by atoms with Crippen molar-refractivity contribution in [1.29, 1.82) is 0 Å². The highest BCUT2D eigenvalue weighted by Crippen LogP contribution is 2.29. The van der Waals surface area contributed by atoms with Crippen molar-refractivity contribution in [2.45, 2.75) is 38.5 Å². The lowest BCUT2D eigenvalue weighted by molar-refractivity contribution is -0.159. The average Bonchev–Trinajstić information content (AvgIpc) is 2.42. The number of carbonyl (C=O) groups excluding carboxylic acids is 1. The lowest BCUT2D eigenvalue weighted by Gasteiger charge is -2.25.